The lowest BCUT2D eigenvalue weighted by Crippen LogP contribution is -2.43. The molecule has 3 aromatic rings. The minimum Gasteiger partial charge on any atom is -0.385 e. The van der Waals surface area contributed by atoms with Crippen LogP contribution in [0.2, 0.25) is 0 Å². The van der Waals surface area contributed by atoms with Crippen LogP contribution in [0.15, 0.2) is 72.1 Å². The lowest BCUT2D eigenvalue weighted by molar-refractivity contribution is -0.141. The first-order chi connectivity index (χ1) is 16.1. The van der Waals surface area contributed by atoms with Crippen molar-refractivity contribution in [3.05, 3.63) is 93.7 Å². The highest BCUT2D eigenvalue weighted by Crippen LogP contribution is 2.20. The lowest BCUT2D eigenvalue weighted by atomic mass is 10.1. The zero-order valence-electron chi connectivity index (χ0n) is 19.4. The van der Waals surface area contributed by atoms with Gasteiger partial charge < -0.3 is 14.5 Å². The third-order valence-electron chi connectivity index (χ3n) is 5.53. The van der Waals surface area contributed by atoms with Crippen molar-refractivity contribution >= 4 is 23.2 Å². The molecule has 0 atom stereocenters. The highest BCUT2D eigenvalue weighted by molar-refractivity contribution is 7.10. The molecule has 0 saturated heterocycles. The molecule has 0 radical (unpaired) electrons. The fourth-order valence-corrected chi connectivity index (χ4v) is 4.53. The van der Waals surface area contributed by atoms with Crippen LogP contribution >= 0.6 is 11.3 Å². The number of thiophene rings is 1. The van der Waals surface area contributed by atoms with Crippen LogP contribution in [-0.2, 0) is 33.8 Å². The number of methoxy groups -OCH3 is 1. The van der Waals surface area contributed by atoms with Gasteiger partial charge in [-0.2, -0.15) is 0 Å². The van der Waals surface area contributed by atoms with E-state index < -0.39 is 0 Å². The Balaban J connectivity index is 1.75. The molecule has 6 heteroatoms. The number of ether oxygens (including phenoxy) is 1. The Hall–Kier alpha value is -2.96. The van der Waals surface area contributed by atoms with Crippen molar-refractivity contribution < 1.29 is 14.3 Å². The molecule has 0 aliphatic carbocycles. The van der Waals surface area contributed by atoms with Crippen LogP contribution < -0.4 is 0 Å². The predicted octanol–water partition coefficient (Wildman–Crippen LogP) is 4.69. The summed E-state index contributed by atoms with van der Waals surface area (Å²) in [6, 6.07) is 21.7. The third-order valence-corrected chi connectivity index (χ3v) is 6.53. The van der Waals surface area contributed by atoms with Gasteiger partial charge in [-0.3, -0.25) is 9.59 Å². The second kappa shape index (κ2) is 12.9. The van der Waals surface area contributed by atoms with Crippen LogP contribution in [-0.4, -0.2) is 48.4 Å². The van der Waals surface area contributed by atoms with Gasteiger partial charge >= 0.3 is 0 Å². The van der Waals surface area contributed by atoms with Crippen molar-refractivity contribution in [2.75, 3.05) is 26.8 Å². The molecule has 0 N–H and O–H groups in total. The summed E-state index contributed by atoms with van der Waals surface area (Å²) in [6.07, 6.45) is 0.969. The Morgan fingerprint density at radius 1 is 0.848 bits per heavy atom. The van der Waals surface area contributed by atoms with Gasteiger partial charge in [0.25, 0.3) is 0 Å². The van der Waals surface area contributed by atoms with E-state index in [0.717, 1.165) is 11.1 Å². The molecule has 1 heterocycles. The Labute approximate surface area is 200 Å². The normalized spacial score (nSPS) is 10.7. The van der Waals surface area contributed by atoms with E-state index >= 15 is 0 Å². The monoisotopic (exact) mass is 464 g/mol. The Morgan fingerprint density at radius 2 is 1.52 bits per heavy atom. The second-order valence-corrected chi connectivity index (χ2v) is 9.09. The van der Waals surface area contributed by atoms with Gasteiger partial charge in [-0.05, 0) is 41.5 Å². The highest BCUT2D eigenvalue weighted by Gasteiger charge is 2.22. The molecule has 0 fully saturated rings. The van der Waals surface area contributed by atoms with Crippen LogP contribution in [0, 0.1) is 6.92 Å². The van der Waals surface area contributed by atoms with Crippen LogP contribution in [0.1, 0.15) is 28.0 Å². The fraction of sp³-hybridized carbons (Fsp3) is 0.333. The van der Waals surface area contributed by atoms with E-state index in [1.165, 1.54) is 10.4 Å². The summed E-state index contributed by atoms with van der Waals surface area (Å²) in [5.41, 5.74) is 3.20. The summed E-state index contributed by atoms with van der Waals surface area (Å²) in [5.74, 6) is -0.0944. The SMILES string of the molecule is COCCCN(CC(=O)N(Cc1ccccc1)Cc1sccc1C)C(=O)Cc1ccccc1. The summed E-state index contributed by atoms with van der Waals surface area (Å²) in [4.78, 5) is 31.3. The molecule has 2 amide bonds. The quantitative estimate of drug-likeness (QED) is 0.365. The Morgan fingerprint density at radius 3 is 2.12 bits per heavy atom. The number of hydrogen-bond acceptors (Lipinski definition) is 4. The Kier molecular flexibility index (Phi) is 9.66. The number of aryl methyl sites for hydroxylation is 1. The summed E-state index contributed by atoms with van der Waals surface area (Å²) in [6.45, 7) is 4.21. The maximum atomic E-state index is 13.5. The number of amides is 2. The first kappa shape index (κ1) is 24.7. The first-order valence-electron chi connectivity index (χ1n) is 11.2. The fourth-order valence-electron chi connectivity index (χ4n) is 3.61. The molecule has 0 aliphatic heterocycles. The van der Waals surface area contributed by atoms with Crippen molar-refractivity contribution in [2.45, 2.75) is 32.9 Å². The number of hydrogen-bond donors (Lipinski definition) is 0. The van der Waals surface area contributed by atoms with Gasteiger partial charge in [0.1, 0.15) is 0 Å². The molecule has 3 rings (SSSR count). The average Bonchev–Trinajstić information content (AvgIpc) is 3.23. The first-order valence-corrected chi connectivity index (χ1v) is 12.1. The van der Waals surface area contributed by atoms with Crippen LogP contribution in [0.25, 0.3) is 0 Å². The predicted molar refractivity (Wildman–Crippen MR) is 133 cm³/mol. The number of benzene rings is 2. The van der Waals surface area contributed by atoms with Crippen molar-refractivity contribution in [3.63, 3.8) is 0 Å². The maximum Gasteiger partial charge on any atom is 0.242 e. The second-order valence-electron chi connectivity index (χ2n) is 8.09. The maximum absolute atomic E-state index is 13.5. The topological polar surface area (TPSA) is 49.9 Å². The molecular formula is C27H32N2O3S. The minimum atomic E-state index is -0.0505. The number of carbonyl (C=O) groups is 2. The summed E-state index contributed by atoms with van der Waals surface area (Å²) in [7, 11) is 1.65. The minimum absolute atomic E-state index is 0.0439. The molecule has 0 saturated carbocycles. The molecule has 5 nitrogen and oxygen atoms in total. The van der Waals surface area contributed by atoms with Crippen LogP contribution in [0.5, 0.6) is 0 Å². The zero-order valence-corrected chi connectivity index (χ0v) is 20.2. The van der Waals surface area contributed by atoms with Gasteiger partial charge in [-0.15, -0.1) is 11.3 Å². The number of carbonyl (C=O) groups excluding carboxylic acids is 2. The molecule has 0 bridgehead atoms. The highest BCUT2D eigenvalue weighted by atomic mass is 32.1. The molecule has 33 heavy (non-hydrogen) atoms. The number of rotatable bonds is 12. The molecule has 0 spiro atoms. The van der Waals surface area contributed by atoms with Gasteiger partial charge in [0.15, 0.2) is 0 Å². The molecule has 0 aliphatic rings. The van der Waals surface area contributed by atoms with Crippen LogP contribution in [0.4, 0.5) is 0 Å². The Bertz CT molecular complexity index is 1000. The molecule has 0 unspecified atom stereocenters. The summed E-state index contributed by atoms with van der Waals surface area (Å²) < 4.78 is 5.17. The molecular weight excluding hydrogens is 432 g/mol. The van der Waals surface area contributed by atoms with E-state index in [9.17, 15) is 9.59 Å². The summed E-state index contributed by atoms with van der Waals surface area (Å²) >= 11 is 1.66. The van der Waals surface area contributed by atoms with Crippen molar-refractivity contribution in [1.29, 1.82) is 0 Å². The van der Waals surface area contributed by atoms with Gasteiger partial charge in [0, 0.05) is 31.7 Å². The van der Waals surface area contributed by atoms with E-state index in [1.807, 2.05) is 65.6 Å². The lowest BCUT2D eigenvalue weighted by Gasteiger charge is -2.28. The van der Waals surface area contributed by atoms with Gasteiger partial charge in [-0.1, -0.05) is 60.7 Å². The van der Waals surface area contributed by atoms with E-state index in [4.69, 9.17) is 4.74 Å². The molecule has 1 aromatic heterocycles. The van der Waals surface area contributed by atoms with Crippen LogP contribution in [0.3, 0.4) is 0 Å². The van der Waals surface area contributed by atoms with Crippen molar-refractivity contribution in [3.8, 4) is 0 Å². The van der Waals surface area contributed by atoms with Crippen molar-refractivity contribution in [2.24, 2.45) is 0 Å². The van der Waals surface area contributed by atoms with E-state index in [1.54, 1.807) is 23.3 Å². The molecule has 174 valence electrons. The molecule has 2 aromatic carbocycles. The smallest absolute Gasteiger partial charge is 0.242 e. The van der Waals surface area contributed by atoms with Gasteiger partial charge in [0.2, 0.25) is 11.8 Å². The van der Waals surface area contributed by atoms with E-state index in [2.05, 4.69) is 18.4 Å². The van der Waals surface area contributed by atoms with Gasteiger partial charge in [-0.25, -0.2) is 0 Å². The number of nitrogens with zero attached hydrogens (tertiary/aromatic N) is 2. The third kappa shape index (κ3) is 7.84. The van der Waals surface area contributed by atoms with E-state index in [0.29, 0.717) is 32.7 Å². The average molecular weight is 465 g/mol. The van der Waals surface area contributed by atoms with Gasteiger partial charge in [0.05, 0.1) is 19.5 Å². The van der Waals surface area contributed by atoms with E-state index in [-0.39, 0.29) is 24.8 Å². The summed E-state index contributed by atoms with van der Waals surface area (Å²) in [5, 5.41) is 2.05. The van der Waals surface area contributed by atoms with Crippen molar-refractivity contribution in [1.82, 2.24) is 9.80 Å². The largest absolute Gasteiger partial charge is 0.385 e. The zero-order chi connectivity index (χ0) is 23.5. The standard InChI is InChI=1S/C27H32N2O3S/c1-22-14-17-33-25(22)20-29(19-24-12-7-4-8-13-24)27(31)21-28(15-9-16-32-2)26(30)18-23-10-5-3-6-11-23/h3-8,10-14,17H,9,15-16,18-21H2,1-2H3.